The minimum absolute atomic E-state index is 0.110. The summed E-state index contributed by atoms with van der Waals surface area (Å²) >= 11 is 0. The molecule has 1 heterocycles. The van der Waals surface area contributed by atoms with Gasteiger partial charge in [0.05, 0.1) is 19.1 Å². The first-order valence-corrected chi connectivity index (χ1v) is 8.52. The number of nitrogens with one attached hydrogen (secondary N) is 1. The van der Waals surface area contributed by atoms with Crippen LogP contribution in [0.3, 0.4) is 0 Å². The summed E-state index contributed by atoms with van der Waals surface area (Å²) in [5.41, 5.74) is 4.23. The zero-order valence-corrected chi connectivity index (χ0v) is 14.3. The molecule has 0 saturated heterocycles. The van der Waals surface area contributed by atoms with Gasteiger partial charge in [0.2, 0.25) is 0 Å². The summed E-state index contributed by atoms with van der Waals surface area (Å²) in [6, 6.07) is 11.8. The van der Waals surface area contributed by atoms with Gasteiger partial charge in [0.25, 0.3) is 0 Å². The van der Waals surface area contributed by atoms with Crippen LogP contribution in [0.4, 0.5) is 5.69 Å². The Morgan fingerprint density at radius 2 is 2.12 bits per heavy atom. The molecule has 2 aromatic rings. The number of carbonyl (C=O) groups excluding carboxylic acids is 1. The van der Waals surface area contributed by atoms with Gasteiger partial charge in [-0.3, -0.25) is 0 Å². The van der Waals surface area contributed by atoms with E-state index in [1.54, 1.807) is 13.2 Å². The molecule has 2 aromatic carbocycles. The van der Waals surface area contributed by atoms with Crippen LogP contribution in [0.5, 0.6) is 5.75 Å². The van der Waals surface area contributed by atoms with E-state index in [4.69, 9.17) is 4.74 Å². The third-order valence-electron chi connectivity index (χ3n) is 5.47. The Hall–Kier alpha value is -2.75. The number of allylic oxidation sites excluding steroid dienone is 2. The van der Waals surface area contributed by atoms with Crippen molar-refractivity contribution in [3.05, 3.63) is 70.8 Å². The van der Waals surface area contributed by atoms with Crippen molar-refractivity contribution in [2.45, 2.75) is 25.3 Å². The quantitative estimate of drug-likeness (QED) is 0.876. The summed E-state index contributed by atoms with van der Waals surface area (Å²) in [4.78, 5) is 11.4. The summed E-state index contributed by atoms with van der Waals surface area (Å²) in [5.74, 6) is 0.395. The Kier molecular flexibility index (Phi) is 3.75. The molecule has 4 heteroatoms. The molecule has 0 saturated carbocycles. The fourth-order valence-electron chi connectivity index (χ4n) is 4.20. The lowest BCUT2D eigenvalue weighted by molar-refractivity contribution is -0.255. The molecule has 0 amide bonds. The molecule has 4 rings (SSSR count). The van der Waals surface area contributed by atoms with Gasteiger partial charge in [0.1, 0.15) is 5.75 Å². The van der Waals surface area contributed by atoms with Crippen LogP contribution < -0.4 is 15.2 Å². The Morgan fingerprint density at radius 3 is 2.88 bits per heavy atom. The SMILES string of the molecule is COc1cccc([C@H]2Nc3c(ccc(C(=O)[O-])c3C)[C@@H]3C=CC[C@H]23)c1. The highest BCUT2D eigenvalue weighted by Crippen LogP contribution is 2.51. The van der Waals surface area contributed by atoms with Crippen molar-refractivity contribution in [3.8, 4) is 5.75 Å². The van der Waals surface area contributed by atoms with Crippen molar-refractivity contribution in [1.82, 2.24) is 0 Å². The second kappa shape index (κ2) is 5.96. The number of methoxy groups -OCH3 is 1. The van der Waals surface area contributed by atoms with E-state index in [0.717, 1.165) is 29.0 Å². The number of ether oxygens (including phenoxy) is 1. The number of carboxylic acid groups (broad SMARTS) is 1. The number of carboxylic acids is 1. The van der Waals surface area contributed by atoms with E-state index < -0.39 is 5.97 Å². The standard InChI is InChI=1S/C21H21NO3/c1-12-15(21(23)24)9-10-18-16-7-4-8-17(16)20(22-19(12)18)13-5-3-6-14(11-13)25-2/h3-7,9-11,16-17,20,22H,8H2,1-2H3,(H,23,24)/p-1/t16-,17+,20-/m1/s1. The lowest BCUT2D eigenvalue weighted by Crippen LogP contribution is -2.31. The molecule has 25 heavy (non-hydrogen) atoms. The number of fused-ring (bicyclic) bond motifs is 3. The number of anilines is 1. The number of hydrogen-bond donors (Lipinski definition) is 1. The van der Waals surface area contributed by atoms with Crippen LogP contribution in [0.25, 0.3) is 0 Å². The molecule has 128 valence electrons. The fraction of sp³-hybridized carbons (Fsp3) is 0.286. The minimum atomic E-state index is -1.14. The van der Waals surface area contributed by atoms with Gasteiger partial charge in [-0.2, -0.15) is 0 Å². The summed E-state index contributed by atoms with van der Waals surface area (Å²) in [6.07, 6.45) is 5.47. The van der Waals surface area contributed by atoms with Gasteiger partial charge in [-0.15, -0.1) is 0 Å². The third-order valence-corrected chi connectivity index (χ3v) is 5.47. The number of hydrogen-bond acceptors (Lipinski definition) is 4. The number of carbonyl (C=O) groups is 1. The van der Waals surface area contributed by atoms with E-state index in [0.29, 0.717) is 11.8 Å². The van der Waals surface area contributed by atoms with Gasteiger partial charge in [-0.25, -0.2) is 0 Å². The van der Waals surface area contributed by atoms with Crippen molar-refractivity contribution in [3.63, 3.8) is 0 Å². The lowest BCUT2D eigenvalue weighted by atomic mass is 9.76. The van der Waals surface area contributed by atoms with Crippen LogP contribution >= 0.6 is 0 Å². The van der Waals surface area contributed by atoms with E-state index in [1.807, 2.05) is 25.1 Å². The molecule has 0 spiro atoms. The van der Waals surface area contributed by atoms with E-state index >= 15 is 0 Å². The van der Waals surface area contributed by atoms with Gasteiger partial charge in [0, 0.05) is 17.2 Å². The molecule has 0 aromatic heterocycles. The minimum Gasteiger partial charge on any atom is -0.545 e. The van der Waals surface area contributed by atoms with Gasteiger partial charge >= 0.3 is 0 Å². The molecular formula is C21H20NO3-. The maximum absolute atomic E-state index is 11.4. The van der Waals surface area contributed by atoms with Gasteiger partial charge < -0.3 is 20.0 Å². The molecule has 3 atom stereocenters. The van der Waals surface area contributed by atoms with Crippen molar-refractivity contribution in [1.29, 1.82) is 0 Å². The first-order valence-electron chi connectivity index (χ1n) is 8.52. The molecule has 1 N–H and O–H groups in total. The topological polar surface area (TPSA) is 61.4 Å². The normalized spacial score (nSPS) is 23.5. The predicted molar refractivity (Wildman–Crippen MR) is 94.9 cm³/mol. The molecule has 1 aliphatic carbocycles. The maximum atomic E-state index is 11.4. The largest absolute Gasteiger partial charge is 0.545 e. The zero-order chi connectivity index (χ0) is 17.6. The average Bonchev–Trinajstić information content (AvgIpc) is 3.11. The van der Waals surface area contributed by atoms with Crippen LogP contribution in [-0.2, 0) is 0 Å². The van der Waals surface area contributed by atoms with E-state index in [1.165, 1.54) is 5.56 Å². The Balaban J connectivity index is 1.83. The van der Waals surface area contributed by atoms with E-state index in [2.05, 4.69) is 29.6 Å². The average molecular weight is 334 g/mol. The maximum Gasteiger partial charge on any atom is 0.119 e. The van der Waals surface area contributed by atoms with Gasteiger partial charge in [0.15, 0.2) is 0 Å². The molecule has 2 aliphatic rings. The third kappa shape index (κ3) is 2.49. The number of rotatable bonds is 3. The lowest BCUT2D eigenvalue weighted by Gasteiger charge is -2.39. The predicted octanol–water partition coefficient (Wildman–Crippen LogP) is 3.19. The van der Waals surface area contributed by atoms with Crippen LogP contribution in [-0.4, -0.2) is 13.1 Å². The van der Waals surface area contributed by atoms with Crippen molar-refractivity contribution < 1.29 is 14.6 Å². The summed E-state index contributed by atoms with van der Waals surface area (Å²) in [5, 5.41) is 15.0. The second-order valence-corrected chi connectivity index (χ2v) is 6.74. The van der Waals surface area contributed by atoms with Crippen molar-refractivity contribution in [2.24, 2.45) is 5.92 Å². The van der Waals surface area contributed by atoms with E-state index in [-0.39, 0.29) is 11.6 Å². The summed E-state index contributed by atoms with van der Waals surface area (Å²) in [6.45, 7) is 1.85. The molecule has 0 unspecified atom stereocenters. The molecule has 1 aliphatic heterocycles. The monoisotopic (exact) mass is 334 g/mol. The second-order valence-electron chi connectivity index (χ2n) is 6.74. The van der Waals surface area contributed by atoms with Crippen LogP contribution in [0.1, 0.15) is 45.4 Å². The smallest absolute Gasteiger partial charge is 0.119 e. The zero-order valence-electron chi connectivity index (χ0n) is 14.3. The summed E-state index contributed by atoms with van der Waals surface area (Å²) < 4.78 is 5.37. The fourth-order valence-corrected chi connectivity index (χ4v) is 4.20. The van der Waals surface area contributed by atoms with Gasteiger partial charge in [-0.1, -0.05) is 36.4 Å². The molecule has 4 nitrogen and oxygen atoms in total. The first-order chi connectivity index (χ1) is 12.1. The Bertz CT molecular complexity index is 871. The molecule has 0 radical (unpaired) electrons. The Labute approximate surface area is 147 Å². The summed E-state index contributed by atoms with van der Waals surface area (Å²) in [7, 11) is 1.67. The Morgan fingerprint density at radius 1 is 1.28 bits per heavy atom. The van der Waals surface area contributed by atoms with Crippen molar-refractivity contribution in [2.75, 3.05) is 12.4 Å². The highest BCUT2D eigenvalue weighted by atomic mass is 16.5. The van der Waals surface area contributed by atoms with Crippen molar-refractivity contribution >= 4 is 11.7 Å². The van der Waals surface area contributed by atoms with Gasteiger partial charge in [-0.05, 0) is 48.1 Å². The number of aromatic carboxylic acids is 1. The van der Waals surface area contributed by atoms with Crippen LogP contribution in [0.2, 0.25) is 0 Å². The van der Waals surface area contributed by atoms with Crippen LogP contribution in [0, 0.1) is 12.8 Å². The number of benzene rings is 2. The molecular weight excluding hydrogens is 314 g/mol. The molecule has 0 bridgehead atoms. The van der Waals surface area contributed by atoms with Crippen LogP contribution in [0.15, 0.2) is 48.6 Å². The highest BCUT2D eigenvalue weighted by Gasteiger charge is 2.38. The first kappa shape index (κ1) is 15.8. The highest BCUT2D eigenvalue weighted by molar-refractivity contribution is 5.90. The van der Waals surface area contributed by atoms with E-state index in [9.17, 15) is 9.90 Å². The molecule has 0 fully saturated rings.